The Morgan fingerprint density at radius 2 is 2.30 bits per heavy atom. The number of hydrogen-bond donors (Lipinski definition) is 1. The zero-order valence-electron chi connectivity index (χ0n) is 11.8. The number of imidazole rings is 1. The summed E-state index contributed by atoms with van der Waals surface area (Å²) in [4.78, 5) is 5.68. The van der Waals surface area contributed by atoms with Crippen LogP contribution in [0.4, 0.5) is 0 Å². The van der Waals surface area contributed by atoms with Gasteiger partial charge in [-0.1, -0.05) is 24.6 Å². The van der Waals surface area contributed by atoms with Crippen LogP contribution in [-0.4, -0.2) is 22.4 Å². The second-order valence-corrected chi connectivity index (χ2v) is 6.12. The van der Waals surface area contributed by atoms with Crippen LogP contribution < -0.4 is 5.32 Å². The first-order valence-corrected chi connectivity index (χ1v) is 8.17. The summed E-state index contributed by atoms with van der Waals surface area (Å²) >= 11 is 7.81. The van der Waals surface area contributed by atoms with Crippen molar-refractivity contribution in [3.63, 3.8) is 0 Å². The van der Waals surface area contributed by atoms with Crippen LogP contribution in [-0.2, 0) is 6.54 Å². The first-order chi connectivity index (χ1) is 9.74. The molecule has 0 amide bonds. The molecule has 0 radical (unpaired) electrons. The van der Waals surface area contributed by atoms with E-state index in [0.29, 0.717) is 0 Å². The number of thioether (sulfide) groups is 1. The smallest absolute Gasteiger partial charge is 0.126 e. The normalized spacial score (nSPS) is 12.6. The van der Waals surface area contributed by atoms with E-state index >= 15 is 0 Å². The van der Waals surface area contributed by atoms with Crippen LogP contribution in [0.2, 0.25) is 5.02 Å². The van der Waals surface area contributed by atoms with E-state index in [0.717, 1.165) is 29.6 Å². The summed E-state index contributed by atoms with van der Waals surface area (Å²) in [5.74, 6) is 2.03. The van der Waals surface area contributed by atoms with Crippen molar-refractivity contribution in [2.75, 3.05) is 12.8 Å². The van der Waals surface area contributed by atoms with Gasteiger partial charge in [0.25, 0.3) is 0 Å². The lowest BCUT2D eigenvalue weighted by Gasteiger charge is -2.17. The number of halogens is 1. The molecule has 1 unspecified atom stereocenters. The Morgan fingerprint density at radius 3 is 3.00 bits per heavy atom. The van der Waals surface area contributed by atoms with E-state index in [1.807, 2.05) is 37.6 Å². The second-order valence-electron chi connectivity index (χ2n) is 4.59. The van der Waals surface area contributed by atoms with E-state index in [-0.39, 0.29) is 6.04 Å². The van der Waals surface area contributed by atoms with Gasteiger partial charge < -0.3 is 9.88 Å². The Hall–Kier alpha value is -0.970. The third-order valence-corrected chi connectivity index (χ3v) is 4.41. The Balaban J connectivity index is 2.03. The molecule has 0 saturated heterocycles. The van der Waals surface area contributed by atoms with Crippen molar-refractivity contribution in [1.29, 1.82) is 0 Å². The van der Waals surface area contributed by atoms with Crippen LogP contribution >= 0.6 is 23.4 Å². The summed E-state index contributed by atoms with van der Waals surface area (Å²) in [5, 5.41) is 4.13. The second kappa shape index (κ2) is 7.72. The van der Waals surface area contributed by atoms with Gasteiger partial charge in [0.2, 0.25) is 0 Å². The van der Waals surface area contributed by atoms with Crippen LogP contribution in [0.1, 0.15) is 25.2 Å². The summed E-state index contributed by atoms with van der Waals surface area (Å²) in [6.07, 6.45) is 5.04. The van der Waals surface area contributed by atoms with Crippen molar-refractivity contribution in [3.8, 4) is 0 Å². The largest absolute Gasteiger partial charge is 0.334 e. The molecule has 1 aromatic heterocycles. The number of aryl methyl sites for hydroxylation is 1. The quantitative estimate of drug-likeness (QED) is 0.784. The summed E-state index contributed by atoms with van der Waals surface area (Å²) < 4.78 is 2.22. The summed E-state index contributed by atoms with van der Waals surface area (Å²) in [5.41, 5.74) is 0. The Bertz CT molecular complexity index is 541. The van der Waals surface area contributed by atoms with E-state index in [1.54, 1.807) is 11.8 Å². The number of rotatable bonds is 7. The molecule has 20 heavy (non-hydrogen) atoms. The SMILES string of the molecule is CCCn1ccnc1C(CSc1cccc(Cl)c1)NC. The Kier molecular flexibility index (Phi) is 5.95. The molecule has 3 nitrogen and oxygen atoms in total. The number of nitrogens with zero attached hydrogens (tertiary/aromatic N) is 2. The molecule has 0 spiro atoms. The molecule has 5 heteroatoms. The van der Waals surface area contributed by atoms with Gasteiger partial charge in [-0.15, -0.1) is 11.8 Å². The lowest BCUT2D eigenvalue weighted by Crippen LogP contribution is -2.23. The molecule has 2 aromatic rings. The Labute approximate surface area is 129 Å². The highest BCUT2D eigenvalue weighted by Gasteiger charge is 2.15. The first kappa shape index (κ1) is 15.4. The third kappa shape index (κ3) is 4.01. The molecule has 1 N–H and O–H groups in total. The lowest BCUT2D eigenvalue weighted by molar-refractivity contribution is 0.552. The highest BCUT2D eigenvalue weighted by atomic mass is 35.5. The maximum Gasteiger partial charge on any atom is 0.126 e. The molecule has 0 saturated carbocycles. The van der Waals surface area contributed by atoms with Crippen molar-refractivity contribution < 1.29 is 0 Å². The van der Waals surface area contributed by atoms with Crippen molar-refractivity contribution in [3.05, 3.63) is 47.5 Å². The lowest BCUT2D eigenvalue weighted by atomic mass is 10.3. The van der Waals surface area contributed by atoms with E-state index in [1.165, 1.54) is 4.90 Å². The number of benzene rings is 1. The van der Waals surface area contributed by atoms with Crippen LogP contribution in [0.15, 0.2) is 41.6 Å². The molecule has 0 aliphatic heterocycles. The molecule has 108 valence electrons. The van der Waals surface area contributed by atoms with Gasteiger partial charge in [0.15, 0.2) is 0 Å². The first-order valence-electron chi connectivity index (χ1n) is 6.81. The number of nitrogens with one attached hydrogen (secondary N) is 1. The topological polar surface area (TPSA) is 29.9 Å². The zero-order chi connectivity index (χ0) is 14.4. The summed E-state index contributed by atoms with van der Waals surface area (Å²) in [6, 6.07) is 8.20. The molecule has 0 aliphatic carbocycles. The number of aromatic nitrogens is 2. The molecular formula is C15H20ClN3S. The summed E-state index contributed by atoms with van der Waals surface area (Å²) in [7, 11) is 1.98. The van der Waals surface area contributed by atoms with Crippen LogP contribution in [0.5, 0.6) is 0 Å². The third-order valence-electron chi connectivity index (χ3n) is 3.09. The van der Waals surface area contributed by atoms with Crippen molar-refractivity contribution >= 4 is 23.4 Å². The fraction of sp³-hybridized carbons (Fsp3) is 0.400. The molecule has 1 heterocycles. The average molecular weight is 310 g/mol. The average Bonchev–Trinajstić information content (AvgIpc) is 2.89. The standard InChI is InChI=1S/C15H20ClN3S/c1-3-8-19-9-7-18-15(19)14(17-2)11-20-13-6-4-5-12(16)10-13/h4-7,9-10,14,17H,3,8,11H2,1-2H3. The minimum Gasteiger partial charge on any atom is -0.334 e. The van der Waals surface area contributed by atoms with Gasteiger partial charge in [-0.25, -0.2) is 4.98 Å². The molecule has 1 aromatic carbocycles. The Morgan fingerprint density at radius 1 is 1.45 bits per heavy atom. The van der Waals surface area contributed by atoms with Crippen molar-refractivity contribution in [2.24, 2.45) is 0 Å². The predicted octanol–water partition coefficient (Wildman–Crippen LogP) is 4.00. The van der Waals surface area contributed by atoms with Gasteiger partial charge >= 0.3 is 0 Å². The molecule has 2 rings (SSSR count). The van der Waals surface area contributed by atoms with E-state index < -0.39 is 0 Å². The van der Waals surface area contributed by atoms with Gasteiger partial charge in [-0.05, 0) is 31.7 Å². The van der Waals surface area contributed by atoms with Gasteiger partial charge in [-0.3, -0.25) is 0 Å². The van der Waals surface area contributed by atoms with Crippen molar-refractivity contribution in [1.82, 2.24) is 14.9 Å². The minimum atomic E-state index is 0.237. The number of hydrogen-bond acceptors (Lipinski definition) is 3. The molecular weight excluding hydrogens is 290 g/mol. The van der Waals surface area contributed by atoms with Crippen LogP contribution in [0, 0.1) is 0 Å². The minimum absolute atomic E-state index is 0.237. The van der Waals surface area contributed by atoms with E-state index in [2.05, 4.69) is 27.9 Å². The molecule has 1 atom stereocenters. The van der Waals surface area contributed by atoms with Crippen molar-refractivity contribution in [2.45, 2.75) is 30.8 Å². The highest BCUT2D eigenvalue weighted by Crippen LogP contribution is 2.26. The predicted molar refractivity (Wildman–Crippen MR) is 86.5 cm³/mol. The zero-order valence-corrected chi connectivity index (χ0v) is 13.4. The monoisotopic (exact) mass is 309 g/mol. The fourth-order valence-electron chi connectivity index (χ4n) is 2.08. The van der Waals surface area contributed by atoms with Gasteiger partial charge in [0.1, 0.15) is 5.82 Å². The molecule has 0 fully saturated rings. The molecule has 0 aliphatic rings. The van der Waals surface area contributed by atoms with Crippen LogP contribution in [0.3, 0.4) is 0 Å². The maximum atomic E-state index is 6.01. The highest BCUT2D eigenvalue weighted by molar-refractivity contribution is 7.99. The maximum absolute atomic E-state index is 6.01. The summed E-state index contributed by atoms with van der Waals surface area (Å²) in [6.45, 7) is 3.19. The van der Waals surface area contributed by atoms with Gasteiger partial charge in [0.05, 0.1) is 6.04 Å². The fourth-order valence-corrected chi connectivity index (χ4v) is 3.40. The van der Waals surface area contributed by atoms with Crippen LogP contribution in [0.25, 0.3) is 0 Å². The molecule has 0 bridgehead atoms. The van der Waals surface area contributed by atoms with Gasteiger partial charge in [-0.2, -0.15) is 0 Å². The van der Waals surface area contributed by atoms with Gasteiger partial charge in [0, 0.05) is 34.6 Å². The van der Waals surface area contributed by atoms with E-state index in [9.17, 15) is 0 Å². The van der Waals surface area contributed by atoms with E-state index in [4.69, 9.17) is 11.6 Å².